The number of benzene rings is 3. The van der Waals surface area contributed by atoms with Crippen LogP contribution in [0.5, 0.6) is 5.75 Å². The molecule has 12 heteroatoms. The quantitative estimate of drug-likeness (QED) is 0.382. The Bertz CT molecular complexity index is 1310. The summed E-state index contributed by atoms with van der Waals surface area (Å²) >= 11 is 0. The van der Waals surface area contributed by atoms with Gasteiger partial charge in [0.2, 0.25) is 0 Å². The second-order valence-electron chi connectivity index (χ2n) is 8.99. The van der Waals surface area contributed by atoms with Crippen LogP contribution in [0.4, 0.5) is 37.7 Å². The number of hydrogen-bond donors (Lipinski definition) is 2. The predicted octanol–water partition coefficient (Wildman–Crippen LogP) is 5.44. The fraction of sp³-hybridized carbons (Fsp3) is 0.296. The van der Waals surface area contributed by atoms with Gasteiger partial charge in [-0.25, -0.2) is 0 Å². The molecule has 39 heavy (non-hydrogen) atoms. The minimum absolute atomic E-state index is 0.114. The number of rotatable bonds is 7. The highest BCUT2D eigenvalue weighted by atomic mass is 19.4. The molecule has 0 saturated heterocycles. The number of carbonyl (C=O) groups excluding carboxylic acids is 1. The predicted molar refractivity (Wildman–Crippen MR) is 133 cm³/mol. The van der Waals surface area contributed by atoms with E-state index in [0.29, 0.717) is 28.1 Å². The van der Waals surface area contributed by atoms with Crippen molar-refractivity contribution >= 4 is 17.3 Å². The number of nitrogens with zero attached hydrogens (tertiary/aromatic N) is 2. The van der Waals surface area contributed by atoms with Crippen molar-refractivity contribution in [2.45, 2.75) is 31.2 Å². The van der Waals surface area contributed by atoms with Gasteiger partial charge in [-0.1, -0.05) is 36.4 Å². The number of aliphatic hydroxyl groups excluding tert-OH is 1. The third-order valence-corrected chi connectivity index (χ3v) is 6.31. The van der Waals surface area contributed by atoms with Crippen LogP contribution in [0.25, 0.3) is 0 Å². The SMILES string of the molecule is CNC(=O)c1cccc(C2CN(Cc3cccc(OC(F)(F)F)c3)c3ccccc3N2CC(O)C(F)(F)F)c1. The smallest absolute Gasteiger partial charge is 0.406 e. The average Bonchev–Trinajstić information content (AvgIpc) is 2.88. The van der Waals surface area contributed by atoms with Gasteiger partial charge in [0, 0.05) is 25.7 Å². The number of carbonyl (C=O) groups is 1. The fourth-order valence-electron chi connectivity index (χ4n) is 4.59. The molecule has 0 radical (unpaired) electrons. The molecule has 2 unspecified atom stereocenters. The molecule has 0 aromatic heterocycles. The summed E-state index contributed by atoms with van der Waals surface area (Å²) < 4.78 is 82.5. The van der Waals surface area contributed by atoms with E-state index in [0.717, 1.165) is 0 Å². The van der Waals surface area contributed by atoms with Gasteiger partial charge in [-0.2, -0.15) is 13.2 Å². The second-order valence-corrected chi connectivity index (χ2v) is 8.99. The van der Waals surface area contributed by atoms with E-state index in [1.807, 2.05) is 4.90 Å². The molecule has 0 bridgehead atoms. The van der Waals surface area contributed by atoms with Crippen molar-refractivity contribution in [3.8, 4) is 5.75 Å². The summed E-state index contributed by atoms with van der Waals surface area (Å²) in [6.45, 7) is -0.533. The first-order valence-electron chi connectivity index (χ1n) is 11.9. The van der Waals surface area contributed by atoms with Gasteiger partial charge in [0.05, 0.1) is 24.0 Å². The molecule has 0 saturated carbocycles. The third-order valence-electron chi connectivity index (χ3n) is 6.31. The third kappa shape index (κ3) is 6.75. The number of hydrogen-bond acceptors (Lipinski definition) is 5. The Morgan fingerprint density at radius 2 is 1.69 bits per heavy atom. The molecule has 0 spiro atoms. The van der Waals surface area contributed by atoms with Gasteiger partial charge in [-0.05, 0) is 47.5 Å². The molecule has 0 fully saturated rings. The highest BCUT2D eigenvalue weighted by Gasteiger charge is 2.42. The Labute approximate surface area is 220 Å². The zero-order valence-corrected chi connectivity index (χ0v) is 20.6. The summed E-state index contributed by atoms with van der Waals surface area (Å²) in [5.74, 6) is -0.775. The Kier molecular flexibility index (Phi) is 7.96. The molecule has 3 aromatic rings. The van der Waals surface area contributed by atoms with Crippen molar-refractivity contribution in [2.24, 2.45) is 0 Å². The maximum Gasteiger partial charge on any atom is 0.573 e. The fourth-order valence-corrected chi connectivity index (χ4v) is 4.59. The Balaban J connectivity index is 1.75. The van der Waals surface area contributed by atoms with E-state index in [1.165, 1.54) is 30.1 Å². The van der Waals surface area contributed by atoms with Crippen LogP contribution >= 0.6 is 0 Å². The van der Waals surface area contributed by atoms with Gasteiger partial charge in [0.1, 0.15) is 5.75 Å². The van der Waals surface area contributed by atoms with E-state index >= 15 is 0 Å². The van der Waals surface area contributed by atoms with Crippen molar-refractivity contribution in [3.05, 3.63) is 89.5 Å². The topological polar surface area (TPSA) is 65.0 Å². The summed E-state index contributed by atoms with van der Waals surface area (Å²) in [4.78, 5) is 15.5. The molecule has 0 aliphatic carbocycles. The Morgan fingerprint density at radius 3 is 2.36 bits per heavy atom. The summed E-state index contributed by atoms with van der Waals surface area (Å²) in [6.07, 6.45) is -12.4. The summed E-state index contributed by atoms with van der Waals surface area (Å²) in [5.41, 5.74) is 2.24. The molecule has 1 amide bonds. The van der Waals surface area contributed by atoms with Crippen LogP contribution in [0.2, 0.25) is 0 Å². The first-order valence-corrected chi connectivity index (χ1v) is 11.9. The van der Waals surface area contributed by atoms with Crippen molar-refractivity contribution in [1.29, 1.82) is 0 Å². The number of alkyl halides is 6. The molecule has 3 aromatic carbocycles. The average molecular weight is 554 g/mol. The van der Waals surface area contributed by atoms with Crippen molar-refractivity contribution in [1.82, 2.24) is 5.32 Å². The highest BCUT2D eigenvalue weighted by Crippen LogP contribution is 2.42. The maximum absolute atomic E-state index is 13.4. The van der Waals surface area contributed by atoms with Gasteiger partial charge < -0.3 is 25.0 Å². The van der Waals surface area contributed by atoms with Crippen LogP contribution in [-0.4, -0.2) is 49.8 Å². The normalized spacial score (nSPS) is 16.5. The van der Waals surface area contributed by atoms with Crippen LogP contribution in [0, 0.1) is 0 Å². The van der Waals surface area contributed by atoms with Gasteiger partial charge in [-0.15, -0.1) is 13.2 Å². The number of amides is 1. The summed E-state index contributed by atoms with van der Waals surface area (Å²) in [5, 5.41) is 12.5. The van der Waals surface area contributed by atoms with Crippen LogP contribution in [0.15, 0.2) is 72.8 Å². The van der Waals surface area contributed by atoms with E-state index in [2.05, 4.69) is 10.1 Å². The van der Waals surface area contributed by atoms with E-state index in [-0.39, 0.29) is 19.0 Å². The van der Waals surface area contributed by atoms with E-state index in [9.17, 15) is 36.2 Å². The van der Waals surface area contributed by atoms with Crippen LogP contribution in [-0.2, 0) is 6.54 Å². The number of β-amino-alcohol motifs (C(OH)–C–C–N with tert-alkyl or cyclic N) is 1. The number of para-hydroxylation sites is 2. The lowest BCUT2D eigenvalue weighted by Crippen LogP contribution is -2.49. The Morgan fingerprint density at radius 1 is 1.00 bits per heavy atom. The molecule has 4 rings (SSSR count). The monoisotopic (exact) mass is 553 g/mol. The van der Waals surface area contributed by atoms with E-state index in [4.69, 9.17) is 0 Å². The lowest BCUT2D eigenvalue weighted by atomic mass is 9.96. The zero-order valence-electron chi connectivity index (χ0n) is 20.6. The van der Waals surface area contributed by atoms with Crippen LogP contribution in [0.3, 0.4) is 0 Å². The summed E-state index contributed by atoms with van der Waals surface area (Å²) in [7, 11) is 1.45. The lowest BCUT2D eigenvalue weighted by Gasteiger charge is -2.46. The molecule has 208 valence electrons. The van der Waals surface area contributed by atoms with Gasteiger partial charge >= 0.3 is 12.5 Å². The largest absolute Gasteiger partial charge is 0.573 e. The van der Waals surface area contributed by atoms with Crippen molar-refractivity contribution in [3.63, 3.8) is 0 Å². The molecule has 1 aliphatic heterocycles. The van der Waals surface area contributed by atoms with Crippen LogP contribution < -0.4 is 19.9 Å². The van der Waals surface area contributed by atoms with Crippen molar-refractivity contribution < 1.29 is 41.0 Å². The van der Waals surface area contributed by atoms with Crippen LogP contribution in [0.1, 0.15) is 27.5 Å². The first-order chi connectivity index (χ1) is 18.4. The molecule has 6 nitrogen and oxygen atoms in total. The van der Waals surface area contributed by atoms with Gasteiger partial charge in [0.15, 0.2) is 6.10 Å². The number of halogens is 6. The molecule has 1 aliphatic rings. The molecule has 2 N–H and O–H groups in total. The Hall–Kier alpha value is -3.93. The van der Waals surface area contributed by atoms with Gasteiger partial charge in [-0.3, -0.25) is 4.79 Å². The number of aliphatic hydroxyl groups is 1. The van der Waals surface area contributed by atoms with E-state index < -0.39 is 37.0 Å². The second kappa shape index (κ2) is 11.0. The van der Waals surface area contributed by atoms with Crippen molar-refractivity contribution in [2.75, 3.05) is 29.9 Å². The zero-order chi connectivity index (χ0) is 28.4. The highest BCUT2D eigenvalue weighted by molar-refractivity contribution is 5.94. The molecular formula is C27H25F6N3O3. The van der Waals surface area contributed by atoms with Gasteiger partial charge in [0.25, 0.3) is 5.91 Å². The minimum atomic E-state index is -4.86. The number of fused-ring (bicyclic) bond motifs is 1. The lowest BCUT2D eigenvalue weighted by molar-refractivity contribution is -0.274. The molecule has 1 heterocycles. The minimum Gasteiger partial charge on any atom is -0.406 e. The summed E-state index contributed by atoms with van der Waals surface area (Å²) in [6, 6.07) is 17.8. The number of nitrogens with one attached hydrogen (secondary N) is 1. The molecule has 2 atom stereocenters. The number of ether oxygens (including phenoxy) is 1. The van der Waals surface area contributed by atoms with E-state index in [1.54, 1.807) is 54.6 Å². The maximum atomic E-state index is 13.4. The number of anilines is 2. The first kappa shape index (κ1) is 28.1. The standard InChI is InChI=1S/C27H25F6N3O3/c1-34-25(38)19-8-5-7-18(13-19)23-15-35(14-17-6-4-9-20(12-17)39-27(31,32)33)21-10-2-3-11-22(21)36(23)16-24(37)26(28,29)30/h2-13,23-24,37H,14-16H2,1H3,(H,34,38). The molecular weight excluding hydrogens is 528 g/mol.